The molecule has 6 aromatic rings. The molecule has 9 heteroatoms. The molecule has 1 N–H and O–H groups in total. The normalized spacial score (nSPS) is 12.3. The van der Waals surface area contributed by atoms with Crippen molar-refractivity contribution in [2.45, 2.75) is 37.5 Å². The third-order valence-electron chi connectivity index (χ3n) is 7.66. The van der Waals surface area contributed by atoms with E-state index >= 15 is 0 Å². The Morgan fingerprint density at radius 3 is 1.33 bits per heavy atom. The summed E-state index contributed by atoms with van der Waals surface area (Å²) in [4.78, 5) is -0.146. The zero-order valence-corrected chi connectivity index (χ0v) is 27.7. The molecule has 45 heavy (non-hydrogen) atoms. The van der Waals surface area contributed by atoms with E-state index in [2.05, 4.69) is 0 Å². The van der Waals surface area contributed by atoms with Crippen LogP contribution in [-0.2, 0) is 24.2 Å². The molecule has 0 saturated heterocycles. The smallest absolute Gasteiger partial charge is 0.282 e. The van der Waals surface area contributed by atoms with E-state index in [1.807, 2.05) is 82.3 Å². The lowest BCUT2D eigenvalue weighted by Crippen LogP contribution is -2.19. The minimum atomic E-state index is -4.46. The van der Waals surface area contributed by atoms with Crippen LogP contribution in [0.4, 0.5) is 0 Å². The standard InChI is InChI=1S/C36H31O6PS2/c1-23-17-24(2)20-27(19-23)43(28-21-25(3)18-26(4)22-28)42-45(40,41)36-16-8-12-32-30(10-6-14-34(32)36)29-9-5-13-33-31(29)11-7-15-35(33)44(37,38)39/h5-22H,1-4H3,(H,37,38,39). The Morgan fingerprint density at radius 1 is 0.511 bits per heavy atom. The van der Waals surface area contributed by atoms with Gasteiger partial charge in [0.15, 0.2) is 0 Å². The highest BCUT2D eigenvalue weighted by Gasteiger charge is 2.28. The van der Waals surface area contributed by atoms with E-state index in [0.717, 1.165) is 32.9 Å². The summed E-state index contributed by atoms with van der Waals surface area (Å²) in [7, 11) is -10.5. The van der Waals surface area contributed by atoms with Crippen LogP contribution in [0.1, 0.15) is 22.3 Å². The maximum atomic E-state index is 14.3. The number of rotatable bonds is 7. The fraction of sp³-hybridized carbons (Fsp3) is 0.111. The Balaban J connectivity index is 1.52. The third-order valence-corrected chi connectivity index (χ3v) is 12.3. The second-order valence-electron chi connectivity index (χ2n) is 11.3. The van der Waals surface area contributed by atoms with Crippen LogP contribution in [0.3, 0.4) is 0 Å². The van der Waals surface area contributed by atoms with Crippen molar-refractivity contribution >= 4 is 60.5 Å². The molecule has 0 saturated carbocycles. The molecule has 0 bridgehead atoms. The van der Waals surface area contributed by atoms with Crippen molar-refractivity contribution in [3.8, 4) is 11.1 Å². The maximum Gasteiger partial charge on any atom is 0.301 e. The first-order valence-electron chi connectivity index (χ1n) is 14.2. The lowest BCUT2D eigenvalue weighted by molar-refractivity contribution is 0.484. The number of fused-ring (bicyclic) bond motifs is 2. The largest absolute Gasteiger partial charge is 0.301 e. The third kappa shape index (κ3) is 6.17. The zero-order chi connectivity index (χ0) is 32.1. The average molecular weight is 655 g/mol. The number of hydrogen-bond acceptors (Lipinski definition) is 5. The second-order valence-corrected chi connectivity index (χ2v) is 16.3. The van der Waals surface area contributed by atoms with Crippen LogP contribution in [0.5, 0.6) is 0 Å². The number of aryl methyl sites for hydroxylation is 4. The van der Waals surface area contributed by atoms with Gasteiger partial charge in [0.05, 0.1) is 0 Å². The van der Waals surface area contributed by atoms with Gasteiger partial charge in [-0.05, 0) is 86.0 Å². The van der Waals surface area contributed by atoms with Gasteiger partial charge in [-0.25, -0.2) is 3.97 Å². The molecule has 0 spiro atoms. The van der Waals surface area contributed by atoms with Gasteiger partial charge in [0.25, 0.3) is 10.1 Å². The maximum absolute atomic E-state index is 14.3. The van der Waals surface area contributed by atoms with Gasteiger partial charge in [0, 0.05) is 21.4 Å². The topological polar surface area (TPSA) is 97.7 Å². The molecular formula is C36H31O6PS2. The van der Waals surface area contributed by atoms with Gasteiger partial charge < -0.3 is 0 Å². The molecule has 6 nitrogen and oxygen atoms in total. The zero-order valence-electron chi connectivity index (χ0n) is 25.1. The lowest BCUT2D eigenvalue weighted by atomic mass is 9.94. The van der Waals surface area contributed by atoms with Gasteiger partial charge in [0.1, 0.15) is 17.9 Å². The summed E-state index contributed by atoms with van der Waals surface area (Å²) >= 11 is 0. The summed E-state index contributed by atoms with van der Waals surface area (Å²) in [6.07, 6.45) is 0. The fourth-order valence-corrected chi connectivity index (χ4v) is 10.8. The minimum absolute atomic E-state index is 0.0435. The highest BCUT2D eigenvalue weighted by Crippen LogP contribution is 2.43. The van der Waals surface area contributed by atoms with Gasteiger partial charge in [-0.15, -0.1) is 0 Å². The number of hydrogen-bond donors (Lipinski definition) is 1. The summed E-state index contributed by atoms with van der Waals surface area (Å²) in [5.74, 6) is 0. The van der Waals surface area contributed by atoms with Crippen molar-refractivity contribution < 1.29 is 25.4 Å². The summed E-state index contributed by atoms with van der Waals surface area (Å²) in [6, 6.07) is 32.4. The van der Waals surface area contributed by atoms with Crippen LogP contribution in [0.2, 0.25) is 0 Å². The summed E-state index contributed by atoms with van der Waals surface area (Å²) in [5.41, 5.74) is 5.49. The Labute approximate surface area is 265 Å². The van der Waals surface area contributed by atoms with Crippen molar-refractivity contribution in [1.29, 1.82) is 0 Å². The predicted molar refractivity (Wildman–Crippen MR) is 183 cm³/mol. The molecule has 0 amide bonds. The SMILES string of the molecule is Cc1cc(C)cc(P(OS(=O)(=O)c2cccc3c(-c4cccc5c(S(=O)(=O)O)cccc45)cccc23)c2cc(C)cc(C)c2)c1. The summed E-state index contributed by atoms with van der Waals surface area (Å²) in [5, 5.41) is 3.74. The second kappa shape index (κ2) is 11.8. The molecule has 0 heterocycles. The van der Waals surface area contributed by atoms with E-state index in [0.29, 0.717) is 32.7 Å². The van der Waals surface area contributed by atoms with Gasteiger partial charge in [-0.3, -0.25) is 4.55 Å². The van der Waals surface area contributed by atoms with Gasteiger partial charge in [0.2, 0.25) is 0 Å². The molecule has 0 radical (unpaired) electrons. The fourth-order valence-electron chi connectivity index (χ4n) is 5.98. The molecule has 0 aromatic heterocycles. The Hall–Kier alpha value is -3.91. The van der Waals surface area contributed by atoms with Gasteiger partial charge >= 0.3 is 10.1 Å². The van der Waals surface area contributed by atoms with E-state index in [9.17, 15) is 21.4 Å². The lowest BCUT2D eigenvalue weighted by Gasteiger charge is -2.21. The van der Waals surface area contributed by atoms with Crippen molar-refractivity contribution in [3.05, 3.63) is 131 Å². The average Bonchev–Trinajstić information content (AvgIpc) is 2.97. The van der Waals surface area contributed by atoms with Crippen molar-refractivity contribution in [3.63, 3.8) is 0 Å². The molecule has 6 aromatic carbocycles. The van der Waals surface area contributed by atoms with Gasteiger partial charge in [-0.1, -0.05) is 95.1 Å². The first-order valence-corrected chi connectivity index (χ1v) is 18.4. The monoisotopic (exact) mass is 654 g/mol. The number of benzene rings is 6. The molecule has 0 unspecified atom stereocenters. The van der Waals surface area contributed by atoms with Crippen LogP contribution in [-0.4, -0.2) is 21.4 Å². The van der Waals surface area contributed by atoms with E-state index in [1.165, 1.54) is 6.07 Å². The molecule has 0 aliphatic rings. The van der Waals surface area contributed by atoms with E-state index in [-0.39, 0.29) is 9.79 Å². The molecule has 0 atom stereocenters. The predicted octanol–water partition coefficient (Wildman–Crippen LogP) is 7.89. The Morgan fingerprint density at radius 2 is 0.889 bits per heavy atom. The molecule has 0 fully saturated rings. The van der Waals surface area contributed by atoms with Crippen LogP contribution < -0.4 is 10.6 Å². The quantitative estimate of drug-likeness (QED) is 0.139. The molecule has 6 rings (SSSR count). The molecule has 0 aliphatic carbocycles. The van der Waals surface area contributed by atoms with Crippen LogP contribution >= 0.6 is 8.15 Å². The van der Waals surface area contributed by atoms with Crippen LogP contribution in [0.25, 0.3) is 32.7 Å². The Kier molecular flexibility index (Phi) is 8.14. The van der Waals surface area contributed by atoms with Crippen LogP contribution in [0, 0.1) is 27.7 Å². The highest BCUT2D eigenvalue weighted by molar-refractivity contribution is 7.93. The molecule has 0 aliphatic heterocycles. The highest BCUT2D eigenvalue weighted by atomic mass is 32.2. The van der Waals surface area contributed by atoms with E-state index in [4.69, 9.17) is 3.97 Å². The van der Waals surface area contributed by atoms with Crippen molar-refractivity contribution in [1.82, 2.24) is 0 Å². The van der Waals surface area contributed by atoms with E-state index < -0.39 is 28.4 Å². The first-order chi connectivity index (χ1) is 21.3. The summed E-state index contributed by atoms with van der Waals surface area (Å²) in [6.45, 7) is 7.94. The van der Waals surface area contributed by atoms with E-state index in [1.54, 1.807) is 48.5 Å². The van der Waals surface area contributed by atoms with Gasteiger partial charge in [-0.2, -0.15) is 16.8 Å². The molecule has 228 valence electrons. The Bertz CT molecular complexity index is 2260. The minimum Gasteiger partial charge on any atom is -0.282 e. The van der Waals surface area contributed by atoms with Crippen LogP contribution in [0.15, 0.2) is 119 Å². The van der Waals surface area contributed by atoms with Crippen molar-refractivity contribution in [2.24, 2.45) is 0 Å². The summed E-state index contributed by atoms with van der Waals surface area (Å²) < 4.78 is 68.8. The first kappa shape index (κ1) is 31.1. The molecular weight excluding hydrogens is 623 g/mol. The van der Waals surface area contributed by atoms with Crippen molar-refractivity contribution in [2.75, 3.05) is 0 Å².